The largest absolute Gasteiger partial charge is 0.492 e. The van der Waals surface area contributed by atoms with E-state index in [-0.39, 0.29) is 11.4 Å². The lowest BCUT2D eigenvalue weighted by Crippen LogP contribution is -2.09. The fourth-order valence-corrected chi connectivity index (χ4v) is 1.67. The van der Waals surface area contributed by atoms with E-state index in [1.807, 2.05) is 18.2 Å². The average molecular weight is 263 g/mol. The number of imidazole rings is 1. The molecule has 0 aliphatic heterocycles. The quantitative estimate of drug-likeness (QED) is 0.833. The normalized spacial score (nSPS) is 9.25. The molecule has 0 spiro atoms. The van der Waals surface area contributed by atoms with Crippen LogP contribution in [0.15, 0.2) is 30.6 Å². The van der Waals surface area contributed by atoms with Crippen molar-refractivity contribution in [3.8, 4) is 24.0 Å². The lowest BCUT2D eigenvalue weighted by atomic mass is 10.2. The molecule has 0 saturated heterocycles. The van der Waals surface area contributed by atoms with Crippen molar-refractivity contribution in [2.75, 3.05) is 6.61 Å². The zero-order chi connectivity index (χ0) is 14.4. The molecule has 6 heteroatoms. The Morgan fingerprint density at radius 3 is 2.70 bits per heavy atom. The molecule has 1 aromatic heterocycles. The molecule has 0 unspecified atom stereocenters. The number of rotatable bonds is 4. The SMILES string of the molecule is N#Cc1cccc(OCCn2cnc(C#N)c2C#N)c1. The van der Waals surface area contributed by atoms with Crippen molar-refractivity contribution in [3.63, 3.8) is 0 Å². The minimum atomic E-state index is 0.110. The predicted molar refractivity (Wildman–Crippen MR) is 68.3 cm³/mol. The van der Waals surface area contributed by atoms with Gasteiger partial charge in [0.1, 0.15) is 24.5 Å². The highest BCUT2D eigenvalue weighted by Crippen LogP contribution is 2.13. The fraction of sp³-hybridized carbons (Fsp3) is 0.143. The fourth-order valence-electron chi connectivity index (χ4n) is 1.67. The highest BCUT2D eigenvalue weighted by molar-refractivity contribution is 5.37. The first-order valence-electron chi connectivity index (χ1n) is 5.76. The number of benzene rings is 1. The van der Waals surface area contributed by atoms with Gasteiger partial charge < -0.3 is 9.30 Å². The number of ether oxygens (including phenoxy) is 1. The maximum Gasteiger partial charge on any atom is 0.176 e. The molecule has 1 heterocycles. The van der Waals surface area contributed by atoms with Crippen LogP contribution >= 0.6 is 0 Å². The lowest BCUT2D eigenvalue weighted by Gasteiger charge is -2.07. The average Bonchev–Trinajstić information content (AvgIpc) is 2.89. The van der Waals surface area contributed by atoms with Crippen LogP contribution in [0.2, 0.25) is 0 Å². The Kier molecular flexibility index (Phi) is 3.97. The Morgan fingerprint density at radius 1 is 1.15 bits per heavy atom. The van der Waals surface area contributed by atoms with Gasteiger partial charge in [-0.15, -0.1) is 0 Å². The molecule has 0 fully saturated rings. The second kappa shape index (κ2) is 6.04. The Hall–Kier alpha value is -3.30. The minimum absolute atomic E-state index is 0.110. The van der Waals surface area contributed by atoms with Gasteiger partial charge in [-0.2, -0.15) is 15.8 Å². The van der Waals surface area contributed by atoms with E-state index in [4.69, 9.17) is 20.5 Å². The molecule has 0 amide bonds. The summed E-state index contributed by atoms with van der Waals surface area (Å²) in [6.45, 7) is 0.707. The number of nitrogens with zero attached hydrogens (tertiary/aromatic N) is 5. The van der Waals surface area contributed by atoms with Crippen molar-refractivity contribution in [2.24, 2.45) is 0 Å². The van der Waals surface area contributed by atoms with Gasteiger partial charge in [0.15, 0.2) is 11.4 Å². The van der Waals surface area contributed by atoms with Crippen molar-refractivity contribution >= 4 is 0 Å². The number of nitriles is 3. The first-order chi connectivity index (χ1) is 9.78. The van der Waals surface area contributed by atoms with E-state index >= 15 is 0 Å². The van der Waals surface area contributed by atoms with Crippen LogP contribution in [0, 0.1) is 34.0 Å². The Balaban J connectivity index is 2.00. The van der Waals surface area contributed by atoms with Crippen LogP contribution in [0.25, 0.3) is 0 Å². The van der Waals surface area contributed by atoms with E-state index in [9.17, 15) is 0 Å². The van der Waals surface area contributed by atoms with E-state index in [0.717, 1.165) is 0 Å². The van der Waals surface area contributed by atoms with Crippen LogP contribution in [0.5, 0.6) is 5.75 Å². The van der Waals surface area contributed by atoms with Gasteiger partial charge in [0.2, 0.25) is 0 Å². The third-order valence-corrected chi connectivity index (χ3v) is 2.61. The zero-order valence-corrected chi connectivity index (χ0v) is 10.4. The Bertz CT molecular complexity index is 742. The summed E-state index contributed by atoms with van der Waals surface area (Å²) >= 11 is 0. The molecule has 96 valence electrons. The van der Waals surface area contributed by atoms with Crippen LogP contribution in [-0.4, -0.2) is 16.2 Å². The molecule has 1 aromatic carbocycles. The summed E-state index contributed by atoms with van der Waals surface area (Å²) in [5.74, 6) is 0.586. The molecule has 20 heavy (non-hydrogen) atoms. The van der Waals surface area contributed by atoms with Gasteiger partial charge in [-0.1, -0.05) is 6.07 Å². The first kappa shape index (κ1) is 13.1. The minimum Gasteiger partial charge on any atom is -0.492 e. The highest BCUT2D eigenvalue weighted by Gasteiger charge is 2.09. The van der Waals surface area contributed by atoms with E-state index < -0.39 is 0 Å². The molecule has 6 nitrogen and oxygen atoms in total. The molecule has 0 atom stereocenters. The number of hydrogen-bond donors (Lipinski definition) is 0. The van der Waals surface area contributed by atoms with Crippen molar-refractivity contribution in [3.05, 3.63) is 47.5 Å². The summed E-state index contributed by atoms with van der Waals surface area (Å²) in [7, 11) is 0. The highest BCUT2D eigenvalue weighted by atomic mass is 16.5. The lowest BCUT2D eigenvalue weighted by molar-refractivity contribution is 0.297. The van der Waals surface area contributed by atoms with Gasteiger partial charge in [-0.3, -0.25) is 0 Å². The molecular weight excluding hydrogens is 254 g/mol. The van der Waals surface area contributed by atoms with Crippen LogP contribution in [-0.2, 0) is 6.54 Å². The van der Waals surface area contributed by atoms with Crippen LogP contribution in [0.4, 0.5) is 0 Å². The van der Waals surface area contributed by atoms with Gasteiger partial charge >= 0.3 is 0 Å². The number of hydrogen-bond acceptors (Lipinski definition) is 5. The van der Waals surface area contributed by atoms with E-state index in [2.05, 4.69) is 4.98 Å². The molecule has 2 aromatic rings. The van der Waals surface area contributed by atoms with Crippen LogP contribution in [0.1, 0.15) is 17.0 Å². The van der Waals surface area contributed by atoms with Crippen molar-refractivity contribution < 1.29 is 4.74 Å². The van der Waals surface area contributed by atoms with Crippen LogP contribution in [0.3, 0.4) is 0 Å². The van der Waals surface area contributed by atoms with Gasteiger partial charge in [0, 0.05) is 0 Å². The summed E-state index contributed by atoms with van der Waals surface area (Å²) in [5, 5.41) is 26.5. The van der Waals surface area contributed by atoms with E-state index in [1.165, 1.54) is 6.33 Å². The zero-order valence-electron chi connectivity index (χ0n) is 10.4. The monoisotopic (exact) mass is 263 g/mol. The van der Waals surface area contributed by atoms with Crippen LogP contribution < -0.4 is 4.74 Å². The summed E-state index contributed by atoms with van der Waals surface area (Å²) in [5.41, 5.74) is 0.857. The van der Waals surface area contributed by atoms with E-state index in [0.29, 0.717) is 24.5 Å². The summed E-state index contributed by atoms with van der Waals surface area (Å²) in [6.07, 6.45) is 1.44. The number of aromatic nitrogens is 2. The Labute approximate surface area is 115 Å². The Morgan fingerprint density at radius 2 is 2.00 bits per heavy atom. The van der Waals surface area contributed by atoms with Gasteiger partial charge in [0.05, 0.1) is 24.5 Å². The molecule has 2 rings (SSSR count). The molecule has 0 bridgehead atoms. The summed E-state index contributed by atoms with van der Waals surface area (Å²) in [6, 6.07) is 12.6. The molecule has 0 saturated carbocycles. The van der Waals surface area contributed by atoms with Crippen molar-refractivity contribution in [1.82, 2.24) is 9.55 Å². The summed E-state index contributed by atoms with van der Waals surface area (Å²) < 4.78 is 7.06. The summed E-state index contributed by atoms with van der Waals surface area (Å²) in [4.78, 5) is 3.84. The molecule has 0 aliphatic rings. The second-order valence-electron chi connectivity index (χ2n) is 3.85. The smallest absolute Gasteiger partial charge is 0.176 e. The standard InChI is InChI=1S/C14H9N5O/c15-7-11-2-1-3-12(6-11)20-5-4-19-10-18-13(8-16)14(19)9-17/h1-3,6,10H,4-5H2. The van der Waals surface area contributed by atoms with Crippen molar-refractivity contribution in [2.45, 2.75) is 6.54 Å². The van der Waals surface area contributed by atoms with Crippen molar-refractivity contribution in [1.29, 1.82) is 15.8 Å². The topological polar surface area (TPSA) is 98.4 Å². The third kappa shape index (κ3) is 2.75. The molecule has 0 aliphatic carbocycles. The van der Waals surface area contributed by atoms with Gasteiger partial charge in [0.25, 0.3) is 0 Å². The van der Waals surface area contributed by atoms with Gasteiger partial charge in [-0.25, -0.2) is 4.98 Å². The maximum atomic E-state index is 8.97. The molecule has 0 radical (unpaired) electrons. The van der Waals surface area contributed by atoms with E-state index in [1.54, 1.807) is 28.8 Å². The van der Waals surface area contributed by atoms with Gasteiger partial charge in [-0.05, 0) is 18.2 Å². The predicted octanol–water partition coefficient (Wildman–Crippen LogP) is 1.58. The first-order valence-corrected chi connectivity index (χ1v) is 5.76. The molecular formula is C14H9N5O. The molecule has 0 N–H and O–H groups in total. The maximum absolute atomic E-state index is 8.97. The third-order valence-electron chi connectivity index (χ3n) is 2.61. The second-order valence-corrected chi connectivity index (χ2v) is 3.85.